The SMILES string of the molecule is COC(CN)CC(=O)Nc1ccc(F)c(C(=O)O)c1. The van der Waals surface area contributed by atoms with Gasteiger partial charge in [0.25, 0.3) is 0 Å². The number of hydrogen-bond acceptors (Lipinski definition) is 4. The van der Waals surface area contributed by atoms with Crippen LogP contribution in [-0.2, 0) is 9.53 Å². The molecule has 1 unspecified atom stereocenters. The van der Waals surface area contributed by atoms with Gasteiger partial charge in [-0.25, -0.2) is 9.18 Å². The molecule has 0 fully saturated rings. The van der Waals surface area contributed by atoms with Crippen molar-refractivity contribution in [3.63, 3.8) is 0 Å². The Morgan fingerprint density at radius 2 is 2.21 bits per heavy atom. The standard InChI is InChI=1S/C12H15FN2O4/c1-19-8(6-14)5-11(16)15-7-2-3-10(13)9(4-7)12(17)18/h2-4,8H,5-6,14H2,1H3,(H,15,16)(H,17,18). The summed E-state index contributed by atoms with van der Waals surface area (Å²) in [5.41, 5.74) is 5.08. The maximum absolute atomic E-state index is 13.1. The molecule has 104 valence electrons. The van der Waals surface area contributed by atoms with E-state index < -0.39 is 23.5 Å². The van der Waals surface area contributed by atoms with Crippen LogP contribution in [0.1, 0.15) is 16.8 Å². The third-order valence-corrected chi connectivity index (χ3v) is 2.49. The van der Waals surface area contributed by atoms with Crippen LogP contribution in [0.15, 0.2) is 18.2 Å². The number of nitrogens with two attached hydrogens (primary N) is 1. The lowest BCUT2D eigenvalue weighted by atomic mass is 10.1. The van der Waals surface area contributed by atoms with E-state index in [1.54, 1.807) is 0 Å². The molecule has 0 aromatic heterocycles. The highest BCUT2D eigenvalue weighted by Gasteiger charge is 2.14. The van der Waals surface area contributed by atoms with E-state index in [4.69, 9.17) is 15.6 Å². The van der Waals surface area contributed by atoms with Crippen LogP contribution in [-0.4, -0.2) is 36.7 Å². The Morgan fingerprint density at radius 1 is 1.53 bits per heavy atom. The maximum atomic E-state index is 13.1. The Kier molecular flexibility index (Phi) is 5.40. The normalized spacial score (nSPS) is 11.9. The Hall–Kier alpha value is -1.99. The van der Waals surface area contributed by atoms with E-state index in [1.165, 1.54) is 13.2 Å². The lowest BCUT2D eigenvalue weighted by Gasteiger charge is -2.12. The van der Waals surface area contributed by atoms with Crippen molar-refractivity contribution < 1.29 is 23.8 Å². The summed E-state index contributed by atoms with van der Waals surface area (Å²) < 4.78 is 18.1. The number of carboxylic acid groups (broad SMARTS) is 1. The minimum atomic E-state index is -1.40. The van der Waals surface area contributed by atoms with Crippen molar-refractivity contribution in [1.82, 2.24) is 0 Å². The van der Waals surface area contributed by atoms with Crippen LogP contribution in [0.5, 0.6) is 0 Å². The van der Waals surface area contributed by atoms with E-state index in [1.807, 2.05) is 0 Å². The molecule has 6 nitrogen and oxygen atoms in total. The van der Waals surface area contributed by atoms with E-state index in [2.05, 4.69) is 5.32 Å². The molecule has 1 rings (SSSR count). The third-order valence-electron chi connectivity index (χ3n) is 2.49. The molecule has 1 amide bonds. The summed E-state index contributed by atoms with van der Waals surface area (Å²) in [6.45, 7) is 0.188. The quantitative estimate of drug-likeness (QED) is 0.710. The van der Waals surface area contributed by atoms with Crippen LogP contribution in [0, 0.1) is 5.82 Å². The van der Waals surface area contributed by atoms with Crippen molar-refractivity contribution >= 4 is 17.6 Å². The smallest absolute Gasteiger partial charge is 0.338 e. The number of anilines is 1. The van der Waals surface area contributed by atoms with Crippen LogP contribution >= 0.6 is 0 Å². The average Bonchev–Trinajstić information content (AvgIpc) is 2.37. The number of methoxy groups -OCH3 is 1. The zero-order chi connectivity index (χ0) is 14.4. The molecule has 1 aromatic rings. The number of amides is 1. The number of rotatable bonds is 6. The highest BCUT2D eigenvalue weighted by atomic mass is 19.1. The van der Waals surface area contributed by atoms with E-state index in [9.17, 15) is 14.0 Å². The van der Waals surface area contributed by atoms with Gasteiger partial charge in [0, 0.05) is 19.3 Å². The maximum Gasteiger partial charge on any atom is 0.338 e. The van der Waals surface area contributed by atoms with Crippen molar-refractivity contribution in [2.45, 2.75) is 12.5 Å². The van der Waals surface area contributed by atoms with Crippen molar-refractivity contribution in [2.75, 3.05) is 19.0 Å². The van der Waals surface area contributed by atoms with Gasteiger partial charge in [0.05, 0.1) is 18.1 Å². The Morgan fingerprint density at radius 3 is 2.74 bits per heavy atom. The Labute approximate surface area is 109 Å². The Balaban J connectivity index is 2.74. The molecule has 1 atom stereocenters. The third kappa shape index (κ3) is 4.31. The monoisotopic (exact) mass is 270 g/mol. The number of ether oxygens (including phenoxy) is 1. The van der Waals surface area contributed by atoms with Gasteiger partial charge in [-0.2, -0.15) is 0 Å². The molecule has 0 bridgehead atoms. The van der Waals surface area contributed by atoms with Crippen LogP contribution in [0.25, 0.3) is 0 Å². The number of benzene rings is 1. The first-order valence-electron chi connectivity index (χ1n) is 5.53. The molecule has 7 heteroatoms. The molecule has 0 heterocycles. The van der Waals surface area contributed by atoms with Crippen molar-refractivity contribution in [2.24, 2.45) is 5.73 Å². The number of halogens is 1. The fourth-order valence-corrected chi connectivity index (χ4v) is 1.45. The van der Waals surface area contributed by atoms with E-state index in [-0.39, 0.29) is 24.6 Å². The zero-order valence-electron chi connectivity index (χ0n) is 10.4. The number of aromatic carboxylic acids is 1. The van der Waals surface area contributed by atoms with Crippen molar-refractivity contribution in [3.8, 4) is 0 Å². The molecular formula is C12H15FN2O4. The second-order valence-corrected chi connectivity index (χ2v) is 3.85. The van der Waals surface area contributed by atoms with Gasteiger partial charge < -0.3 is 20.9 Å². The number of hydrogen-bond donors (Lipinski definition) is 3. The molecule has 19 heavy (non-hydrogen) atoms. The highest BCUT2D eigenvalue weighted by Crippen LogP contribution is 2.15. The van der Waals surface area contributed by atoms with Crippen LogP contribution in [0.3, 0.4) is 0 Å². The van der Waals surface area contributed by atoms with Gasteiger partial charge >= 0.3 is 5.97 Å². The number of carbonyl (C=O) groups is 2. The molecule has 0 spiro atoms. The lowest BCUT2D eigenvalue weighted by molar-refractivity contribution is -0.118. The molecule has 0 saturated carbocycles. The number of nitrogens with one attached hydrogen (secondary N) is 1. The predicted octanol–water partition coefficient (Wildman–Crippen LogP) is 0.826. The molecule has 1 aromatic carbocycles. The second-order valence-electron chi connectivity index (χ2n) is 3.85. The summed E-state index contributed by atoms with van der Waals surface area (Å²) in [7, 11) is 1.44. The summed E-state index contributed by atoms with van der Waals surface area (Å²) in [4.78, 5) is 22.4. The van der Waals surface area contributed by atoms with Crippen LogP contribution < -0.4 is 11.1 Å². The summed E-state index contributed by atoms with van der Waals surface area (Å²) in [5.74, 6) is -2.65. The summed E-state index contributed by atoms with van der Waals surface area (Å²) in [6, 6.07) is 3.32. The fourth-order valence-electron chi connectivity index (χ4n) is 1.45. The van der Waals surface area contributed by atoms with Gasteiger partial charge in [-0.05, 0) is 18.2 Å². The summed E-state index contributed by atoms with van der Waals surface area (Å²) in [6.07, 6.45) is -0.383. The zero-order valence-corrected chi connectivity index (χ0v) is 10.4. The molecule has 0 aliphatic carbocycles. The van der Waals surface area contributed by atoms with Crippen LogP contribution in [0.2, 0.25) is 0 Å². The molecule has 0 radical (unpaired) electrons. The summed E-state index contributed by atoms with van der Waals surface area (Å²) in [5, 5.41) is 11.2. The molecule has 0 saturated heterocycles. The molecular weight excluding hydrogens is 255 g/mol. The first-order chi connectivity index (χ1) is 8.97. The topological polar surface area (TPSA) is 102 Å². The first kappa shape index (κ1) is 15.1. The number of carbonyl (C=O) groups excluding carboxylic acids is 1. The minimum absolute atomic E-state index is 0.0345. The average molecular weight is 270 g/mol. The van der Waals surface area contributed by atoms with Gasteiger partial charge in [0.15, 0.2) is 0 Å². The molecule has 0 aliphatic heterocycles. The van der Waals surface area contributed by atoms with Gasteiger partial charge in [-0.1, -0.05) is 0 Å². The van der Waals surface area contributed by atoms with Gasteiger partial charge in [0.1, 0.15) is 5.82 Å². The lowest BCUT2D eigenvalue weighted by Crippen LogP contribution is -2.28. The largest absolute Gasteiger partial charge is 0.478 e. The van der Waals surface area contributed by atoms with Gasteiger partial charge in [-0.15, -0.1) is 0 Å². The van der Waals surface area contributed by atoms with Crippen molar-refractivity contribution in [1.29, 1.82) is 0 Å². The number of carboxylic acids is 1. The predicted molar refractivity (Wildman–Crippen MR) is 66.5 cm³/mol. The van der Waals surface area contributed by atoms with Gasteiger partial charge in [0.2, 0.25) is 5.91 Å². The van der Waals surface area contributed by atoms with Crippen molar-refractivity contribution in [3.05, 3.63) is 29.6 Å². The first-order valence-corrected chi connectivity index (χ1v) is 5.53. The van der Waals surface area contributed by atoms with E-state index in [0.717, 1.165) is 12.1 Å². The highest BCUT2D eigenvalue weighted by molar-refractivity contribution is 5.94. The molecule has 0 aliphatic rings. The molecule has 4 N–H and O–H groups in total. The van der Waals surface area contributed by atoms with E-state index in [0.29, 0.717) is 0 Å². The fraction of sp³-hybridized carbons (Fsp3) is 0.333. The van der Waals surface area contributed by atoms with Gasteiger partial charge in [-0.3, -0.25) is 4.79 Å². The second kappa shape index (κ2) is 6.81. The Bertz CT molecular complexity index is 475. The summed E-state index contributed by atoms with van der Waals surface area (Å²) >= 11 is 0. The van der Waals surface area contributed by atoms with Crippen LogP contribution in [0.4, 0.5) is 10.1 Å². The van der Waals surface area contributed by atoms with E-state index >= 15 is 0 Å². The minimum Gasteiger partial charge on any atom is -0.478 e.